The van der Waals surface area contributed by atoms with E-state index in [1.165, 1.54) is 25.8 Å². The van der Waals surface area contributed by atoms with Crippen LogP contribution in [-0.4, -0.2) is 66.7 Å². The van der Waals surface area contributed by atoms with Crippen LogP contribution in [0.15, 0.2) is 4.79 Å². The van der Waals surface area contributed by atoms with Gasteiger partial charge in [-0.25, -0.2) is 0 Å². The van der Waals surface area contributed by atoms with Crippen molar-refractivity contribution < 1.29 is 24.2 Å². The molecule has 3 amide bonds. The maximum Gasteiger partial charge on any atom is 0.311 e. The standard InChI is InChI=1S/C17H23IN4O6/c1-5-19-15(25)12-14(28-4)13(24)10(18)11-9(6-8(7-23)22(11)12)20-16(26)17(27)21(2)3/h8-9,23H,5-7H2,1-4H3,(H,19,25)(H,20,26)/t8-,9?/m0/s1. The molecule has 154 valence electrons. The number of amides is 3. The topological polar surface area (TPSA) is 130 Å². The maximum absolute atomic E-state index is 12.8. The van der Waals surface area contributed by atoms with Crippen molar-refractivity contribution in [3.05, 3.63) is 25.2 Å². The normalized spacial score (nSPS) is 17.6. The van der Waals surface area contributed by atoms with Gasteiger partial charge in [0.25, 0.3) is 5.91 Å². The van der Waals surface area contributed by atoms with E-state index in [4.69, 9.17) is 4.74 Å². The first kappa shape index (κ1) is 22.1. The predicted molar refractivity (Wildman–Crippen MR) is 108 cm³/mol. The van der Waals surface area contributed by atoms with Crippen molar-refractivity contribution in [2.75, 3.05) is 34.4 Å². The fraction of sp³-hybridized carbons (Fsp3) is 0.529. The number of hydrogen-bond acceptors (Lipinski definition) is 6. The molecule has 1 aromatic rings. The molecule has 3 N–H and O–H groups in total. The van der Waals surface area contributed by atoms with Crippen LogP contribution in [0.4, 0.5) is 0 Å². The third-order valence-corrected chi connectivity index (χ3v) is 5.46. The summed E-state index contributed by atoms with van der Waals surface area (Å²) in [6.07, 6.45) is 0.220. The summed E-state index contributed by atoms with van der Waals surface area (Å²) in [6, 6.07) is -1.29. The summed E-state index contributed by atoms with van der Waals surface area (Å²) < 4.78 is 6.98. The molecule has 10 nitrogen and oxygen atoms in total. The number of halogens is 1. The van der Waals surface area contributed by atoms with Gasteiger partial charge in [-0.2, -0.15) is 0 Å². The SMILES string of the molecule is CCNC(=O)c1c(OC)c(=O)c(I)c2n1[C@H](CO)CC2NC(=O)C(=O)N(C)C. The number of carbonyl (C=O) groups excluding carboxylic acids is 3. The lowest BCUT2D eigenvalue weighted by molar-refractivity contribution is -0.144. The van der Waals surface area contributed by atoms with E-state index in [0.29, 0.717) is 12.2 Å². The number of ether oxygens (including phenoxy) is 1. The number of pyridine rings is 1. The molecule has 1 aliphatic rings. The zero-order valence-corrected chi connectivity index (χ0v) is 18.2. The van der Waals surface area contributed by atoms with Crippen molar-refractivity contribution in [3.8, 4) is 5.75 Å². The number of nitrogens with zero attached hydrogens (tertiary/aromatic N) is 2. The first-order valence-corrected chi connectivity index (χ1v) is 9.70. The molecule has 11 heteroatoms. The largest absolute Gasteiger partial charge is 0.491 e. The summed E-state index contributed by atoms with van der Waals surface area (Å²) in [4.78, 5) is 50.7. The highest BCUT2D eigenvalue weighted by Crippen LogP contribution is 2.39. The minimum Gasteiger partial charge on any atom is -0.491 e. The summed E-state index contributed by atoms with van der Waals surface area (Å²) in [5.41, 5.74) is -0.140. The number of rotatable bonds is 5. The molecule has 1 aromatic heterocycles. The zero-order valence-electron chi connectivity index (χ0n) is 16.0. The molecule has 28 heavy (non-hydrogen) atoms. The van der Waals surface area contributed by atoms with Crippen LogP contribution in [0, 0.1) is 3.57 Å². The van der Waals surface area contributed by atoms with E-state index in [9.17, 15) is 24.3 Å². The van der Waals surface area contributed by atoms with Crippen LogP contribution in [0.3, 0.4) is 0 Å². The Kier molecular flexibility index (Phi) is 7.04. The molecule has 1 unspecified atom stereocenters. The molecular weight excluding hydrogens is 483 g/mol. The van der Waals surface area contributed by atoms with E-state index in [2.05, 4.69) is 10.6 Å². The monoisotopic (exact) mass is 506 g/mol. The van der Waals surface area contributed by atoms with E-state index in [1.807, 2.05) is 22.6 Å². The van der Waals surface area contributed by atoms with E-state index in [0.717, 1.165) is 4.90 Å². The predicted octanol–water partition coefficient (Wildman–Crippen LogP) is -0.606. The lowest BCUT2D eigenvalue weighted by Gasteiger charge is -2.21. The number of fused-ring (bicyclic) bond motifs is 1. The van der Waals surface area contributed by atoms with Crippen LogP contribution in [0.25, 0.3) is 0 Å². The number of nitrogens with one attached hydrogen (secondary N) is 2. The Labute approximate surface area is 175 Å². The average molecular weight is 506 g/mol. The fourth-order valence-electron chi connectivity index (χ4n) is 3.20. The highest BCUT2D eigenvalue weighted by Gasteiger charge is 2.39. The Hall–Kier alpha value is -2.15. The molecule has 0 aliphatic carbocycles. The minimum absolute atomic E-state index is 0.0144. The zero-order chi connectivity index (χ0) is 21.2. The molecule has 0 aromatic carbocycles. The van der Waals surface area contributed by atoms with E-state index >= 15 is 0 Å². The maximum atomic E-state index is 12.8. The second-order valence-corrected chi connectivity index (χ2v) is 7.52. The third-order valence-electron chi connectivity index (χ3n) is 4.42. The van der Waals surface area contributed by atoms with Crippen molar-refractivity contribution in [2.45, 2.75) is 25.4 Å². The third kappa shape index (κ3) is 3.85. The molecule has 0 bridgehead atoms. The molecule has 0 spiro atoms. The van der Waals surface area contributed by atoms with Gasteiger partial charge in [0.2, 0.25) is 5.43 Å². The van der Waals surface area contributed by atoms with Gasteiger partial charge in [-0.3, -0.25) is 19.2 Å². The highest BCUT2D eigenvalue weighted by molar-refractivity contribution is 14.1. The minimum atomic E-state index is -0.834. The number of likely N-dealkylation sites (N-methyl/N-ethyl adjacent to an activating group) is 1. The van der Waals surface area contributed by atoms with Crippen molar-refractivity contribution in [3.63, 3.8) is 0 Å². The molecule has 1 aliphatic heterocycles. The summed E-state index contributed by atoms with van der Waals surface area (Å²) in [7, 11) is 4.20. The molecule has 0 radical (unpaired) electrons. The molecule has 2 atom stereocenters. The molecule has 0 fully saturated rings. The lowest BCUT2D eigenvalue weighted by Crippen LogP contribution is -2.41. The summed E-state index contributed by atoms with van der Waals surface area (Å²) in [5, 5.41) is 15.1. The Morgan fingerprint density at radius 1 is 1.36 bits per heavy atom. The first-order chi connectivity index (χ1) is 13.2. The van der Waals surface area contributed by atoms with E-state index in [1.54, 1.807) is 6.92 Å². The van der Waals surface area contributed by atoms with Crippen molar-refractivity contribution >= 4 is 40.3 Å². The van der Waals surface area contributed by atoms with Gasteiger partial charge in [0, 0.05) is 20.6 Å². The van der Waals surface area contributed by atoms with Crippen molar-refractivity contribution in [2.24, 2.45) is 0 Å². The number of aliphatic hydroxyl groups excluding tert-OH is 1. The number of aliphatic hydroxyl groups is 1. The van der Waals surface area contributed by atoms with Crippen LogP contribution in [0.1, 0.15) is 41.6 Å². The van der Waals surface area contributed by atoms with Gasteiger partial charge in [-0.05, 0) is 35.9 Å². The van der Waals surface area contributed by atoms with Crippen LogP contribution in [0.2, 0.25) is 0 Å². The van der Waals surface area contributed by atoms with Crippen LogP contribution < -0.4 is 20.8 Å². The van der Waals surface area contributed by atoms with Crippen LogP contribution in [-0.2, 0) is 9.59 Å². The molecule has 2 heterocycles. The van der Waals surface area contributed by atoms with Gasteiger partial charge in [0.1, 0.15) is 0 Å². The molecular formula is C17H23IN4O6. The van der Waals surface area contributed by atoms with Gasteiger partial charge in [0.15, 0.2) is 11.4 Å². The molecule has 0 saturated heterocycles. The number of carbonyl (C=O) groups is 3. The van der Waals surface area contributed by atoms with Crippen LogP contribution >= 0.6 is 22.6 Å². The van der Waals surface area contributed by atoms with Crippen LogP contribution in [0.5, 0.6) is 5.75 Å². The van der Waals surface area contributed by atoms with Gasteiger partial charge >= 0.3 is 11.8 Å². The fourth-order valence-corrected chi connectivity index (χ4v) is 4.08. The second kappa shape index (κ2) is 8.90. The first-order valence-electron chi connectivity index (χ1n) is 8.62. The summed E-state index contributed by atoms with van der Waals surface area (Å²) >= 11 is 1.83. The number of methoxy groups -OCH3 is 1. The Bertz CT molecular complexity index is 866. The van der Waals surface area contributed by atoms with Gasteiger partial charge in [-0.15, -0.1) is 0 Å². The van der Waals surface area contributed by atoms with Gasteiger partial charge in [-0.1, -0.05) is 0 Å². The van der Waals surface area contributed by atoms with Gasteiger partial charge < -0.3 is 29.9 Å². The second-order valence-electron chi connectivity index (χ2n) is 6.44. The van der Waals surface area contributed by atoms with Gasteiger partial charge in [0.05, 0.1) is 35.1 Å². The van der Waals surface area contributed by atoms with Crippen molar-refractivity contribution in [1.82, 2.24) is 20.1 Å². The smallest absolute Gasteiger partial charge is 0.311 e. The quantitative estimate of drug-likeness (QED) is 0.361. The number of hydrogen-bond donors (Lipinski definition) is 3. The average Bonchev–Trinajstić information content (AvgIpc) is 3.01. The Morgan fingerprint density at radius 2 is 2.00 bits per heavy atom. The van der Waals surface area contributed by atoms with E-state index < -0.39 is 35.2 Å². The highest BCUT2D eigenvalue weighted by atomic mass is 127. The molecule has 0 saturated carbocycles. The Morgan fingerprint density at radius 3 is 2.50 bits per heavy atom. The number of aromatic nitrogens is 1. The summed E-state index contributed by atoms with van der Waals surface area (Å²) in [6.45, 7) is 1.74. The summed E-state index contributed by atoms with van der Waals surface area (Å²) in [5.74, 6) is -2.23. The van der Waals surface area contributed by atoms with Crippen molar-refractivity contribution in [1.29, 1.82) is 0 Å². The van der Waals surface area contributed by atoms with E-state index in [-0.39, 0.29) is 28.0 Å². The lowest BCUT2D eigenvalue weighted by atomic mass is 10.1. The Balaban J connectivity index is 2.66. The molecule has 2 rings (SSSR count).